The summed E-state index contributed by atoms with van der Waals surface area (Å²) in [5.74, 6) is 0.903. The van der Waals surface area contributed by atoms with Crippen molar-refractivity contribution in [1.82, 2.24) is 4.90 Å². The topological polar surface area (TPSA) is 29.3 Å². The Kier molecular flexibility index (Phi) is 4.13. The van der Waals surface area contributed by atoms with E-state index >= 15 is 0 Å². The number of rotatable bonds is 4. The molecule has 1 atom stereocenters. The van der Waals surface area contributed by atoms with E-state index in [1.165, 1.54) is 56.2 Å². The molecule has 2 nitrogen and oxygen atoms in total. The van der Waals surface area contributed by atoms with Crippen LogP contribution in [0.25, 0.3) is 0 Å². The Morgan fingerprint density at radius 2 is 1.90 bits per heavy atom. The second kappa shape index (κ2) is 5.87. The van der Waals surface area contributed by atoms with Gasteiger partial charge in [-0.3, -0.25) is 4.90 Å². The van der Waals surface area contributed by atoms with E-state index in [1.807, 2.05) is 0 Å². The largest absolute Gasteiger partial charge is 0.329 e. The number of hydrogen-bond donors (Lipinski definition) is 1. The van der Waals surface area contributed by atoms with Gasteiger partial charge in [0.2, 0.25) is 0 Å². The van der Waals surface area contributed by atoms with E-state index in [2.05, 4.69) is 36.2 Å². The molecule has 1 aromatic rings. The average Bonchev–Trinajstić information content (AvgIpc) is 2.99. The zero-order valence-electron chi connectivity index (χ0n) is 12.8. The SMILES string of the molecule is CN(CC1CCCC1)C1(CN)CCc2ccccc2C1. The van der Waals surface area contributed by atoms with Gasteiger partial charge in [-0.05, 0) is 56.2 Å². The molecule has 0 aliphatic heterocycles. The first-order valence-electron chi connectivity index (χ1n) is 8.22. The smallest absolute Gasteiger partial charge is 0.0372 e. The van der Waals surface area contributed by atoms with Crippen molar-refractivity contribution in [2.24, 2.45) is 11.7 Å². The summed E-state index contributed by atoms with van der Waals surface area (Å²) >= 11 is 0. The van der Waals surface area contributed by atoms with Crippen molar-refractivity contribution in [1.29, 1.82) is 0 Å². The molecule has 1 saturated carbocycles. The van der Waals surface area contributed by atoms with Crippen LogP contribution in [0.4, 0.5) is 0 Å². The number of fused-ring (bicyclic) bond motifs is 1. The van der Waals surface area contributed by atoms with E-state index < -0.39 is 0 Å². The van der Waals surface area contributed by atoms with Crippen LogP contribution in [0.15, 0.2) is 24.3 Å². The molecule has 2 N–H and O–H groups in total. The first-order chi connectivity index (χ1) is 9.73. The van der Waals surface area contributed by atoms with Gasteiger partial charge in [-0.2, -0.15) is 0 Å². The average molecular weight is 272 g/mol. The van der Waals surface area contributed by atoms with Crippen molar-refractivity contribution >= 4 is 0 Å². The van der Waals surface area contributed by atoms with Crippen LogP contribution in [0.5, 0.6) is 0 Å². The quantitative estimate of drug-likeness (QED) is 0.913. The summed E-state index contributed by atoms with van der Waals surface area (Å²) < 4.78 is 0. The minimum Gasteiger partial charge on any atom is -0.329 e. The highest BCUT2D eigenvalue weighted by Crippen LogP contribution is 2.34. The molecule has 0 saturated heterocycles. The number of nitrogens with two attached hydrogens (primary N) is 1. The molecular formula is C18H28N2. The summed E-state index contributed by atoms with van der Waals surface area (Å²) in [7, 11) is 2.30. The molecule has 0 spiro atoms. The third-order valence-electron chi connectivity index (χ3n) is 5.69. The molecule has 0 bridgehead atoms. The molecule has 1 unspecified atom stereocenters. The molecule has 0 amide bonds. The summed E-state index contributed by atoms with van der Waals surface area (Å²) in [6.45, 7) is 2.02. The van der Waals surface area contributed by atoms with Gasteiger partial charge >= 0.3 is 0 Å². The Hall–Kier alpha value is -0.860. The molecule has 0 heterocycles. The zero-order valence-corrected chi connectivity index (χ0v) is 12.8. The lowest BCUT2D eigenvalue weighted by Gasteiger charge is -2.45. The normalized spacial score (nSPS) is 26.9. The molecule has 2 aliphatic rings. The van der Waals surface area contributed by atoms with Crippen molar-refractivity contribution in [3.63, 3.8) is 0 Å². The lowest BCUT2D eigenvalue weighted by Crippen LogP contribution is -2.56. The van der Waals surface area contributed by atoms with E-state index in [1.54, 1.807) is 0 Å². The van der Waals surface area contributed by atoms with Crippen molar-refractivity contribution < 1.29 is 0 Å². The van der Waals surface area contributed by atoms with E-state index in [4.69, 9.17) is 5.73 Å². The fourth-order valence-electron chi connectivity index (χ4n) is 4.21. The van der Waals surface area contributed by atoms with Crippen molar-refractivity contribution in [2.75, 3.05) is 20.1 Å². The number of benzene rings is 1. The van der Waals surface area contributed by atoms with E-state index in [0.29, 0.717) is 0 Å². The van der Waals surface area contributed by atoms with Crippen LogP contribution in [0.3, 0.4) is 0 Å². The summed E-state index contributed by atoms with van der Waals surface area (Å²) in [6.07, 6.45) is 9.21. The Labute approximate surface area is 123 Å². The van der Waals surface area contributed by atoms with Gasteiger partial charge in [-0.1, -0.05) is 37.1 Å². The Balaban J connectivity index is 1.74. The van der Waals surface area contributed by atoms with Gasteiger partial charge < -0.3 is 5.73 Å². The van der Waals surface area contributed by atoms with Gasteiger partial charge in [0.05, 0.1) is 0 Å². The maximum absolute atomic E-state index is 6.23. The lowest BCUT2D eigenvalue weighted by atomic mass is 9.76. The van der Waals surface area contributed by atoms with Crippen LogP contribution in [0, 0.1) is 5.92 Å². The van der Waals surface area contributed by atoms with Gasteiger partial charge in [0.15, 0.2) is 0 Å². The predicted molar refractivity (Wildman–Crippen MR) is 84.8 cm³/mol. The van der Waals surface area contributed by atoms with Crippen molar-refractivity contribution in [3.8, 4) is 0 Å². The van der Waals surface area contributed by atoms with Crippen LogP contribution < -0.4 is 5.73 Å². The van der Waals surface area contributed by atoms with Gasteiger partial charge in [0.25, 0.3) is 0 Å². The fraction of sp³-hybridized carbons (Fsp3) is 0.667. The standard InChI is InChI=1S/C18H28N2/c1-20(13-15-6-2-3-7-15)18(14-19)11-10-16-8-4-5-9-17(16)12-18/h4-5,8-9,15H,2-3,6-7,10-14,19H2,1H3. The minimum atomic E-state index is 0.191. The zero-order chi connectivity index (χ0) is 14.0. The number of hydrogen-bond acceptors (Lipinski definition) is 2. The Bertz CT molecular complexity index is 450. The molecule has 0 radical (unpaired) electrons. The summed E-state index contributed by atoms with van der Waals surface area (Å²) in [6, 6.07) is 8.91. The first kappa shape index (κ1) is 14.1. The minimum absolute atomic E-state index is 0.191. The van der Waals surface area contributed by atoms with Gasteiger partial charge in [-0.25, -0.2) is 0 Å². The molecule has 1 fully saturated rings. The molecule has 3 rings (SSSR count). The van der Waals surface area contributed by atoms with Crippen LogP contribution >= 0.6 is 0 Å². The van der Waals surface area contributed by atoms with Crippen LogP contribution in [0.1, 0.15) is 43.2 Å². The van der Waals surface area contributed by atoms with E-state index in [9.17, 15) is 0 Å². The molecule has 20 heavy (non-hydrogen) atoms. The maximum atomic E-state index is 6.23. The van der Waals surface area contributed by atoms with E-state index in [0.717, 1.165) is 18.9 Å². The highest BCUT2D eigenvalue weighted by molar-refractivity contribution is 5.32. The second-order valence-corrected chi connectivity index (χ2v) is 6.90. The van der Waals surface area contributed by atoms with Crippen LogP contribution in [0.2, 0.25) is 0 Å². The van der Waals surface area contributed by atoms with Gasteiger partial charge in [0.1, 0.15) is 0 Å². The molecular weight excluding hydrogens is 244 g/mol. The lowest BCUT2D eigenvalue weighted by molar-refractivity contribution is 0.0911. The summed E-state index contributed by atoms with van der Waals surface area (Å²) in [4.78, 5) is 2.60. The summed E-state index contributed by atoms with van der Waals surface area (Å²) in [5, 5.41) is 0. The van der Waals surface area contributed by atoms with Gasteiger partial charge in [0, 0.05) is 18.6 Å². The first-order valence-corrected chi connectivity index (χ1v) is 8.22. The fourth-order valence-corrected chi connectivity index (χ4v) is 4.21. The highest BCUT2D eigenvalue weighted by atomic mass is 15.2. The number of aryl methyl sites for hydroxylation is 1. The van der Waals surface area contributed by atoms with E-state index in [-0.39, 0.29) is 5.54 Å². The molecule has 1 aromatic carbocycles. The maximum Gasteiger partial charge on any atom is 0.0372 e. The van der Waals surface area contributed by atoms with Crippen LogP contribution in [-0.2, 0) is 12.8 Å². The third kappa shape index (κ3) is 2.64. The van der Waals surface area contributed by atoms with Crippen molar-refractivity contribution in [3.05, 3.63) is 35.4 Å². The highest BCUT2D eigenvalue weighted by Gasteiger charge is 2.37. The molecule has 2 aliphatic carbocycles. The molecule has 110 valence electrons. The molecule has 0 aromatic heterocycles. The molecule has 2 heteroatoms. The predicted octanol–water partition coefficient (Wildman–Crippen LogP) is 2.99. The Morgan fingerprint density at radius 1 is 1.20 bits per heavy atom. The monoisotopic (exact) mass is 272 g/mol. The second-order valence-electron chi connectivity index (χ2n) is 6.90. The van der Waals surface area contributed by atoms with Gasteiger partial charge in [-0.15, -0.1) is 0 Å². The summed E-state index contributed by atoms with van der Waals surface area (Å²) in [5.41, 5.74) is 9.47. The van der Waals surface area contributed by atoms with Crippen molar-refractivity contribution in [2.45, 2.75) is 50.5 Å². The van der Waals surface area contributed by atoms with Crippen LogP contribution in [-0.4, -0.2) is 30.6 Å². The Morgan fingerprint density at radius 3 is 2.60 bits per heavy atom. The number of likely N-dealkylation sites (N-methyl/N-ethyl adjacent to an activating group) is 1. The number of nitrogens with zero attached hydrogens (tertiary/aromatic N) is 1. The third-order valence-corrected chi connectivity index (χ3v) is 5.69.